The summed E-state index contributed by atoms with van der Waals surface area (Å²) in [5.74, 6) is -2.40. The van der Waals surface area contributed by atoms with Crippen molar-refractivity contribution in [3.63, 3.8) is 0 Å². The number of benzene rings is 1. The van der Waals surface area contributed by atoms with Crippen LogP contribution in [0.1, 0.15) is 40.0 Å². The van der Waals surface area contributed by atoms with Gasteiger partial charge in [0.15, 0.2) is 0 Å². The molecule has 3 aliphatic heterocycles. The Morgan fingerprint density at radius 3 is 2.59 bits per heavy atom. The van der Waals surface area contributed by atoms with Gasteiger partial charge < -0.3 is 24.5 Å². The molecule has 4 heterocycles. The lowest BCUT2D eigenvalue weighted by Crippen LogP contribution is -2.58. The standard InChI is InChI=1S/C30H40N6O5/c1-6-15-33(16-7-2)26(38)23-24-27(39)36(20(4)18-37)25(30(24)14-13-29(23,5)41-30)28(40)34(17-8-3)19-35-22-12-10-9-11-21(22)31-32-35/h6,8-12,20,23-25,37H,1,3,7,13-19H2,2,4-5H3/t20-,23+,24+,25?,29-,30?/m1/s1. The lowest BCUT2D eigenvalue weighted by molar-refractivity contribution is -0.157. The Hall–Kier alpha value is -3.57. The van der Waals surface area contributed by atoms with Crippen LogP contribution in [-0.4, -0.2) is 102 Å². The third-order valence-corrected chi connectivity index (χ3v) is 8.99. The first kappa shape index (κ1) is 28.9. The van der Waals surface area contributed by atoms with Gasteiger partial charge in [-0.1, -0.05) is 36.4 Å². The zero-order chi connectivity index (χ0) is 29.5. The normalized spacial score (nSPS) is 29.0. The molecular formula is C30H40N6O5. The van der Waals surface area contributed by atoms with Crippen molar-refractivity contribution in [3.05, 3.63) is 49.6 Å². The van der Waals surface area contributed by atoms with Crippen LogP contribution in [0.2, 0.25) is 0 Å². The molecule has 2 bridgehead atoms. The van der Waals surface area contributed by atoms with Gasteiger partial charge in [0.2, 0.25) is 17.7 Å². The Balaban J connectivity index is 1.55. The predicted octanol–water partition coefficient (Wildman–Crippen LogP) is 1.97. The first-order valence-electron chi connectivity index (χ1n) is 14.4. The lowest BCUT2D eigenvalue weighted by Gasteiger charge is -2.38. The minimum atomic E-state index is -1.19. The first-order chi connectivity index (χ1) is 19.7. The van der Waals surface area contributed by atoms with Crippen LogP contribution >= 0.6 is 0 Å². The van der Waals surface area contributed by atoms with Gasteiger partial charge in [0.25, 0.3) is 0 Å². The van der Waals surface area contributed by atoms with E-state index < -0.39 is 35.1 Å². The molecular weight excluding hydrogens is 524 g/mol. The van der Waals surface area contributed by atoms with Gasteiger partial charge in [-0.3, -0.25) is 14.4 Å². The SMILES string of the molecule is C=CCN(Cn1nnc2ccccc21)C(=O)C1N([C@H](C)CO)C(=O)[C@@H]2[C@@H](C(=O)N(CC=C)CCC)[C@@]3(C)CCC12O3. The van der Waals surface area contributed by atoms with E-state index in [2.05, 4.69) is 23.5 Å². The Labute approximate surface area is 240 Å². The van der Waals surface area contributed by atoms with Crippen LogP contribution in [-0.2, 0) is 25.8 Å². The van der Waals surface area contributed by atoms with Gasteiger partial charge in [0.05, 0.1) is 35.6 Å². The summed E-state index contributed by atoms with van der Waals surface area (Å²) in [5, 5.41) is 18.6. The number of hydrogen-bond acceptors (Lipinski definition) is 7. The number of carbonyl (C=O) groups is 3. The molecule has 3 saturated heterocycles. The minimum absolute atomic E-state index is 0.0847. The van der Waals surface area contributed by atoms with Gasteiger partial charge in [-0.2, -0.15) is 0 Å². The van der Waals surface area contributed by atoms with Crippen LogP contribution in [0.5, 0.6) is 0 Å². The average molecular weight is 565 g/mol. The largest absolute Gasteiger partial charge is 0.394 e. The molecule has 220 valence electrons. The van der Waals surface area contributed by atoms with E-state index in [0.29, 0.717) is 31.4 Å². The monoisotopic (exact) mass is 564 g/mol. The number of hydrogen-bond donors (Lipinski definition) is 1. The van der Waals surface area contributed by atoms with E-state index in [1.54, 1.807) is 33.6 Å². The summed E-state index contributed by atoms with van der Waals surface area (Å²) < 4.78 is 8.39. The highest BCUT2D eigenvalue weighted by atomic mass is 16.5. The second kappa shape index (κ2) is 11.0. The zero-order valence-electron chi connectivity index (χ0n) is 24.1. The highest BCUT2D eigenvalue weighted by molar-refractivity contribution is 5.99. The molecule has 0 radical (unpaired) electrons. The number of likely N-dealkylation sites (tertiary alicyclic amines) is 1. The number of aliphatic hydroxyl groups is 1. The van der Waals surface area contributed by atoms with E-state index in [-0.39, 0.29) is 37.5 Å². The number of nitrogens with zero attached hydrogens (tertiary/aromatic N) is 6. The van der Waals surface area contributed by atoms with Crippen molar-refractivity contribution in [2.75, 3.05) is 26.2 Å². The number of para-hydroxylation sites is 1. The fraction of sp³-hybridized carbons (Fsp3) is 0.567. The Kier molecular flexibility index (Phi) is 7.78. The summed E-state index contributed by atoms with van der Waals surface area (Å²) in [6, 6.07) is 5.80. The summed E-state index contributed by atoms with van der Waals surface area (Å²) >= 11 is 0. The summed E-state index contributed by atoms with van der Waals surface area (Å²) in [7, 11) is 0. The zero-order valence-corrected chi connectivity index (χ0v) is 24.1. The summed E-state index contributed by atoms with van der Waals surface area (Å²) in [6.07, 6.45) is 5.07. The molecule has 6 atom stereocenters. The number of rotatable bonds is 12. The Morgan fingerprint density at radius 1 is 1.20 bits per heavy atom. The van der Waals surface area contributed by atoms with E-state index in [9.17, 15) is 19.5 Å². The van der Waals surface area contributed by atoms with Crippen molar-refractivity contribution in [2.24, 2.45) is 11.8 Å². The van der Waals surface area contributed by atoms with E-state index in [0.717, 1.165) is 11.9 Å². The van der Waals surface area contributed by atoms with Crippen LogP contribution in [0.15, 0.2) is 49.6 Å². The lowest BCUT2D eigenvalue weighted by atomic mass is 9.66. The van der Waals surface area contributed by atoms with Gasteiger partial charge in [0, 0.05) is 19.6 Å². The molecule has 41 heavy (non-hydrogen) atoms. The average Bonchev–Trinajstić information content (AvgIpc) is 3.67. The van der Waals surface area contributed by atoms with Crippen LogP contribution in [0, 0.1) is 11.8 Å². The first-order valence-corrected chi connectivity index (χ1v) is 14.4. The van der Waals surface area contributed by atoms with E-state index in [1.165, 1.54) is 4.90 Å². The molecule has 0 saturated carbocycles. The molecule has 1 spiro atoms. The fourth-order valence-electron chi connectivity index (χ4n) is 7.22. The third-order valence-electron chi connectivity index (χ3n) is 8.99. The van der Waals surface area contributed by atoms with Crippen molar-refractivity contribution in [1.29, 1.82) is 0 Å². The van der Waals surface area contributed by atoms with E-state index in [1.807, 2.05) is 38.1 Å². The molecule has 1 N–H and O–H groups in total. The second-order valence-corrected chi connectivity index (χ2v) is 11.6. The summed E-state index contributed by atoms with van der Waals surface area (Å²) in [6.45, 7) is 14.1. The van der Waals surface area contributed by atoms with Crippen molar-refractivity contribution < 1.29 is 24.2 Å². The van der Waals surface area contributed by atoms with Crippen LogP contribution < -0.4 is 0 Å². The molecule has 11 nitrogen and oxygen atoms in total. The van der Waals surface area contributed by atoms with Gasteiger partial charge in [-0.25, -0.2) is 4.68 Å². The van der Waals surface area contributed by atoms with E-state index >= 15 is 0 Å². The minimum Gasteiger partial charge on any atom is -0.394 e. The molecule has 3 fully saturated rings. The molecule has 5 rings (SSSR count). The van der Waals surface area contributed by atoms with Crippen molar-refractivity contribution in [3.8, 4) is 0 Å². The van der Waals surface area contributed by atoms with Gasteiger partial charge in [0.1, 0.15) is 23.8 Å². The maximum Gasteiger partial charge on any atom is 0.250 e. The maximum absolute atomic E-state index is 14.6. The predicted molar refractivity (Wildman–Crippen MR) is 152 cm³/mol. The molecule has 11 heteroatoms. The topological polar surface area (TPSA) is 121 Å². The van der Waals surface area contributed by atoms with E-state index in [4.69, 9.17) is 4.74 Å². The van der Waals surface area contributed by atoms with Crippen LogP contribution in [0.25, 0.3) is 11.0 Å². The Morgan fingerprint density at radius 2 is 1.90 bits per heavy atom. The molecule has 0 aliphatic carbocycles. The molecule has 3 aliphatic rings. The number of fused-ring (bicyclic) bond motifs is 2. The van der Waals surface area contributed by atoms with Crippen molar-refractivity contribution >= 4 is 28.8 Å². The maximum atomic E-state index is 14.6. The molecule has 1 aromatic heterocycles. The van der Waals surface area contributed by atoms with Gasteiger partial charge >= 0.3 is 0 Å². The number of carbonyl (C=O) groups excluding carboxylic acids is 3. The van der Waals surface area contributed by atoms with Crippen LogP contribution in [0.3, 0.4) is 0 Å². The number of ether oxygens (including phenoxy) is 1. The molecule has 1 aromatic carbocycles. The second-order valence-electron chi connectivity index (χ2n) is 11.6. The molecule has 2 aromatic rings. The Bertz CT molecular complexity index is 1360. The van der Waals surface area contributed by atoms with Crippen LogP contribution in [0.4, 0.5) is 0 Å². The number of amides is 3. The number of aliphatic hydroxyl groups excluding tert-OH is 1. The number of aromatic nitrogens is 3. The third kappa shape index (κ3) is 4.46. The quantitative estimate of drug-likeness (QED) is 0.391. The summed E-state index contributed by atoms with van der Waals surface area (Å²) in [5.41, 5.74) is -0.610. The molecule has 2 unspecified atom stereocenters. The summed E-state index contributed by atoms with van der Waals surface area (Å²) in [4.78, 5) is 47.7. The fourth-order valence-corrected chi connectivity index (χ4v) is 7.22. The highest BCUT2D eigenvalue weighted by Gasteiger charge is 2.78. The van der Waals surface area contributed by atoms with Crippen molar-refractivity contribution in [1.82, 2.24) is 29.7 Å². The highest BCUT2D eigenvalue weighted by Crippen LogP contribution is 2.63. The van der Waals surface area contributed by atoms with Gasteiger partial charge in [-0.15, -0.1) is 18.3 Å². The van der Waals surface area contributed by atoms with Gasteiger partial charge in [-0.05, 0) is 45.2 Å². The molecule has 3 amide bonds. The smallest absolute Gasteiger partial charge is 0.250 e. The van der Waals surface area contributed by atoms with Crippen molar-refractivity contribution in [2.45, 2.75) is 70.0 Å².